The number of rotatable bonds is 15. The van der Waals surface area contributed by atoms with E-state index in [9.17, 15) is 24.6 Å². The number of anilines is 1. The predicted octanol–water partition coefficient (Wildman–Crippen LogP) is 5.01. The molecule has 1 fully saturated rings. The molecule has 0 spiro atoms. The lowest BCUT2D eigenvalue weighted by Gasteiger charge is -2.38. The van der Waals surface area contributed by atoms with Crippen LogP contribution in [0.25, 0.3) is 0 Å². The number of aromatic nitrogens is 2. The molecule has 12 heteroatoms. The Kier molecular flexibility index (Phi) is 11.8. The molecular weight excluding hydrogens is 516 g/mol. The number of halogens is 2. The minimum atomic E-state index is -3.68. The smallest absolute Gasteiger partial charge is 0.413 e. The average molecular weight is 560 g/mol. The Hall–Kier alpha value is -2.60. The van der Waals surface area contributed by atoms with Gasteiger partial charge in [-0.15, -0.1) is 0 Å². The van der Waals surface area contributed by atoms with Gasteiger partial charge in [0, 0.05) is 25.1 Å². The number of hydrogen-bond donors (Lipinski definition) is 3. The SMILES string of the molecule is CCCCCCCC[C@@H](n1ccc(NC(=O)OC(C)(C)C)nc1=O)C(F)(F)C[C@@](CO)(C(=O)O)C1CCOC1. The number of carboxylic acid groups (broad SMARTS) is 1. The second kappa shape index (κ2) is 14.2. The molecule has 0 aliphatic carbocycles. The maximum atomic E-state index is 16.1. The van der Waals surface area contributed by atoms with Gasteiger partial charge < -0.3 is 19.7 Å². The summed E-state index contributed by atoms with van der Waals surface area (Å²) in [6.45, 7) is 6.25. The molecule has 3 N–H and O–H groups in total. The van der Waals surface area contributed by atoms with E-state index in [1.807, 2.05) is 0 Å². The summed E-state index contributed by atoms with van der Waals surface area (Å²) in [6, 6.07) is -0.483. The minimum absolute atomic E-state index is 0.0441. The van der Waals surface area contributed by atoms with E-state index in [2.05, 4.69) is 17.2 Å². The molecule has 0 radical (unpaired) electrons. The zero-order valence-electron chi connectivity index (χ0n) is 23.4. The minimum Gasteiger partial charge on any atom is -0.481 e. The molecule has 3 atom stereocenters. The topological polar surface area (TPSA) is 140 Å². The van der Waals surface area contributed by atoms with Gasteiger partial charge in [-0.05, 0) is 39.7 Å². The lowest BCUT2D eigenvalue weighted by Crippen LogP contribution is -2.49. The van der Waals surface area contributed by atoms with Crippen molar-refractivity contribution < 1.29 is 38.1 Å². The van der Waals surface area contributed by atoms with Gasteiger partial charge in [-0.1, -0.05) is 45.4 Å². The van der Waals surface area contributed by atoms with Crippen LogP contribution in [-0.2, 0) is 14.3 Å². The van der Waals surface area contributed by atoms with Crippen molar-refractivity contribution in [3.63, 3.8) is 0 Å². The van der Waals surface area contributed by atoms with Crippen LogP contribution in [0.4, 0.5) is 19.4 Å². The van der Waals surface area contributed by atoms with Gasteiger partial charge in [0.25, 0.3) is 5.92 Å². The molecule has 1 aliphatic rings. The molecule has 2 heterocycles. The average Bonchev–Trinajstić information content (AvgIpc) is 3.37. The molecule has 0 saturated carbocycles. The van der Waals surface area contributed by atoms with Crippen molar-refractivity contribution in [2.45, 2.75) is 103 Å². The number of aliphatic carboxylic acids is 1. The number of alkyl halides is 2. The van der Waals surface area contributed by atoms with Crippen LogP contribution in [0, 0.1) is 11.3 Å². The van der Waals surface area contributed by atoms with Crippen LogP contribution >= 0.6 is 0 Å². The molecule has 1 unspecified atom stereocenters. The van der Waals surface area contributed by atoms with Crippen molar-refractivity contribution in [2.24, 2.45) is 11.3 Å². The third-order valence-corrected chi connectivity index (χ3v) is 7.08. The second-order valence-electron chi connectivity index (χ2n) is 11.3. The summed E-state index contributed by atoms with van der Waals surface area (Å²) in [5.74, 6) is -6.17. The van der Waals surface area contributed by atoms with Crippen LogP contribution in [0.15, 0.2) is 17.1 Å². The Labute approximate surface area is 228 Å². The molecule has 1 amide bonds. The molecule has 222 valence electrons. The largest absolute Gasteiger partial charge is 0.481 e. The van der Waals surface area contributed by atoms with Crippen molar-refractivity contribution >= 4 is 17.9 Å². The van der Waals surface area contributed by atoms with Crippen molar-refractivity contribution in [2.75, 3.05) is 25.1 Å². The molecule has 0 bridgehead atoms. The molecule has 39 heavy (non-hydrogen) atoms. The first-order valence-electron chi connectivity index (χ1n) is 13.6. The summed E-state index contributed by atoms with van der Waals surface area (Å²) in [5.41, 5.74) is -3.94. The lowest BCUT2D eigenvalue weighted by molar-refractivity contribution is -0.171. The number of amides is 1. The molecule has 1 saturated heterocycles. The highest BCUT2D eigenvalue weighted by Gasteiger charge is 2.56. The number of ether oxygens (including phenoxy) is 2. The quantitative estimate of drug-likeness (QED) is 0.255. The Balaban J connectivity index is 2.36. The molecule has 10 nitrogen and oxygen atoms in total. The first kappa shape index (κ1) is 32.6. The molecule has 2 rings (SSSR count). The fourth-order valence-electron chi connectivity index (χ4n) is 4.96. The van der Waals surface area contributed by atoms with Crippen LogP contribution < -0.4 is 11.0 Å². The van der Waals surface area contributed by atoms with Gasteiger partial charge in [0.15, 0.2) is 0 Å². The molecule has 0 aromatic carbocycles. The second-order valence-corrected chi connectivity index (χ2v) is 11.3. The summed E-state index contributed by atoms with van der Waals surface area (Å²) in [6.07, 6.45) is 4.21. The fourth-order valence-corrected chi connectivity index (χ4v) is 4.96. The van der Waals surface area contributed by atoms with Crippen LogP contribution in [0.2, 0.25) is 0 Å². The third kappa shape index (κ3) is 9.23. The predicted molar refractivity (Wildman–Crippen MR) is 141 cm³/mol. The normalized spacial score (nSPS) is 18.4. The van der Waals surface area contributed by atoms with Crippen LogP contribution in [0.1, 0.15) is 91.5 Å². The number of nitrogens with zero attached hydrogens (tertiary/aromatic N) is 2. The summed E-state index contributed by atoms with van der Waals surface area (Å²) in [7, 11) is 0. The zero-order chi connectivity index (χ0) is 29.3. The maximum Gasteiger partial charge on any atom is 0.413 e. The zero-order valence-corrected chi connectivity index (χ0v) is 23.4. The summed E-state index contributed by atoms with van der Waals surface area (Å²) >= 11 is 0. The highest BCUT2D eigenvalue weighted by Crippen LogP contribution is 2.47. The number of nitrogens with one attached hydrogen (secondary N) is 1. The van der Waals surface area contributed by atoms with E-state index in [0.717, 1.165) is 36.4 Å². The lowest BCUT2D eigenvalue weighted by atomic mass is 9.70. The summed E-state index contributed by atoms with van der Waals surface area (Å²) < 4.78 is 43.3. The Morgan fingerprint density at radius 3 is 2.44 bits per heavy atom. The van der Waals surface area contributed by atoms with Crippen molar-refractivity contribution in [1.29, 1.82) is 0 Å². The van der Waals surface area contributed by atoms with E-state index >= 15 is 8.78 Å². The number of carbonyl (C=O) groups excluding carboxylic acids is 1. The van der Waals surface area contributed by atoms with E-state index in [0.29, 0.717) is 12.8 Å². The number of aliphatic hydroxyl groups is 1. The van der Waals surface area contributed by atoms with Gasteiger partial charge in [-0.2, -0.15) is 4.98 Å². The maximum absolute atomic E-state index is 16.1. The van der Waals surface area contributed by atoms with Crippen LogP contribution in [0.3, 0.4) is 0 Å². The summed E-state index contributed by atoms with van der Waals surface area (Å²) in [4.78, 5) is 41.0. The first-order chi connectivity index (χ1) is 18.3. The molecule has 1 aromatic rings. The standard InChI is InChI=1S/C27H43F2N3O7/c1-5-6-7-8-9-10-11-20(27(28,29)17-26(18-33,22(34)35)19-13-15-38-16-19)32-14-12-21(30-23(32)36)31-24(37)39-25(2,3)4/h12,14,19-20,33H,5-11,13,15-18H2,1-4H3,(H,34,35)(H,30,31,36,37)/t19?,20-,26+/m1/s1. The van der Waals surface area contributed by atoms with Crippen LogP contribution in [0.5, 0.6) is 0 Å². The van der Waals surface area contributed by atoms with Gasteiger partial charge in [-0.3, -0.25) is 14.7 Å². The van der Waals surface area contributed by atoms with E-state index in [1.54, 1.807) is 20.8 Å². The Morgan fingerprint density at radius 1 is 1.23 bits per heavy atom. The van der Waals surface area contributed by atoms with Gasteiger partial charge in [0.1, 0.15) is 22.9 Å². The van der Waals surface area contributed by atoms with E-state index in [4.69, 9.17) is 9.47 Å². The third-order valence-electron chi connectivity index (χ3n) is 7.08. The fraction of sp³-hybridized carbons (Fsp3) is 0.778. The summed E-state index contributed by atoms with van der Waals surface area (Å²) in [5, 5.41) is 22.4. The Morgan fingerprint density at radius 2 is 1.90 bits per heavy atom. The number of unbranched alkanes of at least 4 members (excludes halogenated alkanes) is 5. The van der Waals surface area contributed by atoms with Gasteiger partial charge in [-0.25, -0.2) is 18.4 Å². The first-order valence-corrected chi connectivity index (χ1v) is 13.6. The molecular formula is C27H43F2N3O7. The number of aliphatic hydroxyl groups excluding tert-OH is 1. The van der Waals surface area contributed by atoms with Gasteiger partial charge in [0.05, 0.1) is 13.2 Å². The van der Waals surface area contributed by atoms with E-state index < -0.39 is 59.7 Å². The van der Waals surface area contributed by atoms with Crippen molar-refractivity contribution in [3.05, 3.63) is 22.7 Å². The number of carboxylic acids is 1. The monoisotopic (exact) mass is 559 g/mol. The van der Waals surface area contributed by atoms with Gasteiger partial charge >= 0.3 is 17.8 Å². The van der Waals surface area contributed by atoms with E-state index in [-0.39, 0.29) is 31.9 Å². The van der Waals surface area contributed by atoms with Crippen molar-refractivity contribution in [1.82, 2.24) is 9.55 Å². The van der Waals surface area contributed by atoms with E-state index in [1.165, 1.54) is 6.07 Å². The molecule has 1 aliphatic heterocycles. The Bertz CT molecular complexity index is 1010. The van der Waals surface area contributed by atoms with Crippen molar-refractivity contribution in [3.8, 4) is 0 Å². The number of hydrogen-bond acceptors (Lipinski definition) is 7. The van der Waals surface area contributed by atoms with Crippen LogP contribution in [-0.4, -0.2) is 63.2 Å². The highest BCUT2D eigenvalue weighted by atomic mass is 19.3. The molecule has 1 aromatic heterocycles. The van der Waals surface area contributed by atoms with Gasteiger partial charge in [0.2, 0.25) is 0 Å². The number of carbonyl (C=O) groups is 2. The highest BCUT2D eigenvalue weighted by molar-refractivity contribution is 5.83.